The number of anilines is 1. The largest absolute Gasteiger partial charge is 0.486 e. The summed E-state index contributed by atoms with van der Waals surface area (Å²) in [6.07, 6.45) is -12.2. The smallest absolute Gasteiger partial charge is 0.427 e. The number of carbonyl (C=O) groups is 2. The predicted molar refractivity (Wildman–Crippen MR) is 147 cm³/mol. The first-order chi connectivity index (χ1) is 21.0. The second-order valence-corrected chi connectivity index (χ2v) is 12.8. The number of alkyl halides is 6. The first-order valence-corrected chi connectivity index (χ1v) is 15.2. The maximum atomic E-state index is 14.1. The lowest BCUT2D eigenvalue weighted by atomic mass is 9.95. The summed E-state index contributed by atoms with van der Waals surface area (Å²) in [5, 5.41) is 22.9. The predicted octanol–water partition coefficient (Wildman–Crippen LogP) is 3.32. The number of aliphatic hydroxyl groups is 2. The van der Waals surface area contributed by atoms with Crippen LogP contribution < -0.4 is 13.8 Å². The third-order valence-corrected chi connectivity index (χ3v) is 8.82. The fourth-order valence-corrected chi connectivity index (χ4v) is 5.75. The van der Waals surface area contributed by atoms with Crippen molar-refractivity contribution in [3.8, 4) is 11.6 Å². The van der Waals surface area contributed by atoms with Crippen molar-refractivity contribution >= 4 is 27.5 Å². The maximum absolute atomic E-state index is 14.1. The number of esters is 1. The summed E-state index contributed by atoms with van der Waals surface area (Å²) < 4.78 is 125. The minimum absolute atomic E-state index is 0.0291. The van der Waals surface area contributed by atoms with Gasteiger partial charge in [-0.3, -0.25) is 18.6 Å². The van der Waals surface area contributed by atoms with E-state index in [2.05, 4.69) is 9.84 Å². The molecule has 258 valence electrons. The van der Waals surface area contributed by atoms with Gasteiger partial charge in [-0.1, -0.05) is 6.07 Å². The number of hydrogen-bond acceptors (Lipinski definition) is 10. The van der Waals surface area contributed by atoms with Gasteiger partial charge < -0.3 is 24.4 Å². The lowest BCUT2D eigenvalue weighted by molar-refractivity contribution is -0.257. The van der Waals surface area contributed by atoms with Crippen LogP contribution in [0, 0.1) is 0 Å². The van der Waals surface area contributed by atoms with Crippen molar-refractivity contribution in [3.05, 3.63) is 30.0 Å². The first kappa shape index (κ1) is 36.9. The van der Waals surface area contributed by atoms with Gasteiger partial charge in [0, 0.05) is 19.2 Å². The van der Waals surface area contributed by atoms with Crippen LogP contribution in [0.3, 0.4) is 0 Å². The summed E-state index contributed by atoms with van der Waals surface area (Å²) in [5.74, 6) is -3.39. The molecule has 1 unspecified atom stereocenters. The molecule has 1 aliphatic heterocycles. The molecule has 0 saturated carbocycles. The minimum atomic E-state index is -5.27. The molecule has 2 atom stereocenters. The zero-order chi connectivity index (χ0) is 34.9. The molecule has 2 heterocycles. The standard InChI is InChI=1S/C27H33F6N3O9S/c1-5-35-15-20(23(34-35)43-11-10-37)46(41,42)36-14-17(7-9-21(38)25(4,40)27(31,32)33)44-19-8-6-16(12-18(19)36)13-22(39)45-24(2,3)26(28,29)30/h6,8,12,15,17,37,40H,5,7,9-11,13-14H2,1-4H3/t17-,25?/m0/s1. The number of aryl methyl sites for hydroxylation is 1. The monoisotopic (exact) mass is 689 g/mol. The molecule has 3 rings (SSSR count). The van der Waals surface area contributed by atoms with Crippen LogP contribution in [0.15, 0.2) is 29.3 Å². The van der Waals surface area contributed by atoms with E-state index in [1.807, 2.05) is 0 Å². The highest BCUT2D eigenvalue weighted by molar-refractivity contribution is 7.93. The summed E-state index contributed by atoms with van der Waals surface area (Å²) in [4.78, 5) is 24.2. The summed E-state index contributed by atoms with van der Waals surface area (Å²) in [6, 6.07) is 3.61. The van der Waals surface area contributed by atoms with Crippen molar-refractivity contribution in [2.75, 3.05) is 24.1 Å². The third-order valence-electron chi connectivity index (χ3n) is 7.06. The minimum Gasteiger partial charge on any atom is -0.486 e. The number of halogens is 6. The zero-order valence-corrected chi connectivity index (χ0v) is 25.9. The van der Waals surface area contributed by atoms with Crippen molar-refractivity contribution in [2.24, 2.45) is 0 Å². The molecular weight excluding hydrogens is 656 g/mol. The van der Waals surface area contributed by atoms with Crippen LogP contribution in [-0.2, 0) is 37.3 Å². The number of aromatic nitrogens is 2. The van der Waals surface area contributed by atoms with Gasteiger partial charge in [0.15, 0.2) is 10.7 Å². The van der Waals surface area contributed by atoms with Crippen molar-refractivity contribution in [1.82, 2.24) is 9.78 Å². The Morgan fingerprint density at radius 2 is 1.76 bits per heavy atom. The van der Waals surface area contributed by atoms with E-state index in [0.717, 1.165) is 16.6 Å². The average molecular weight is 690 g/mol. The summed E-state index contributed by atoms with van der Waals surface area (Å²) in [6.45, 7) is 2.08. The van der Waals surface area contributed by atoms with Gasteiger partial charge in [-0.05, 0) is 51.8 Å². The quantitative estimate of drug-likeness (QED) is 0.236. The number of carbonyl (C=O) groups excluding carboxylic acids is 2. The van der Waals surface area contributed by atoms with Crippen LogP contribution in [0.25, 0.3) is 0 Å². The number of benzene rings is 1. The number of ether oxygens (including phenoxy) is 3. The topological polar surface area (TPSA) is 157 Å². The highest BCUT2D eigenvalue weighted by Crippen LogP contribution is 2.41. The second-order valence-electron chi connectivity index (χ2n) is 11.0. The number of sulfonamides is 1. The van der Waals surface area contributed by atoms with Gasteiger partial charge in [0.25, 0.3) is 15.9 Å². The van der Waals surface area contributed by atoms with E-state index in [9.17, 15) is 54.6 Å². The van der Waals surface area contributed by atoms with E-state index in [1.165, 1.54) is 16.8 Å². The van der Waals surface area contributed by atoms with Gasteiger partial charge in [0.1, 0.15) is 18.5 Å². The van der Waals surface area contributed by atoms with Gasteiger partial charge in [0.05, 0.1) is 25.3 Å². The van der Waals surface area contributed by atoms with Crippen molar-refractivity contribution in [2.45, 2.75) is 88.1 Å². The van der Waals surface area contributed by atoms with E-state index in [1.54, 1.807) is 6.92 Å². The Bertz CT molecular complexity index is 1540. The van der Waals surface area contributed by atoms with Crippen LogP contribution in [0.4, 0.5) is 32.0 Å². The van der Waals surface area contributed by atoms with Gasteiger partial charge >= 0.3 is 18.3 Å². The van der Waals surface area contributed by atoms with E-state index in [-0.39, 0.29) is 36.0 Å². The lowest BCUT2D eigenvalue weighted by Gasteiger charge is -2.36. The number of aliphatic hydroxyl groups excluding tert-OH is 1. The SMILES string of the molecule is CCn1cc(S(=O)(=O)N2C[C@H](CCC(=O)C(C)(O)C(F)(F)F)Oc3ccc(CC(=O)OC(C)(C)C(F)(F)F)cc32)c(OCCO)n1. The van der Waals surface area contributed by atoms with Gasteiger partial charge in [0.2, 0.25) is 11.2 Å². The molecule has 1 aromatic carbocycles. The number of ketones is 1. The Morgan fingerprint density at radius 3 is 2.33 bits per heavy atom. The Kier molecular flexibility index (Phi) is 10.6. The molecule has 2 N–H and O–H groups in total. The Labute approximate surface area is 259 Å². The number of hydrogen-bond donors (Lipinski definition) is 2. The molecule has 1 aromatic heterocycles. The highest BCUT2D eigenvalue weighted by Gasteiger charge is 2.55. The number of nitrogens with zero attached hydrogens (tertiary/aromatic N) is 3. The van der Waals surface area contributed by atoms with E-state index in [4.69, 9.17) is 9.47 Å². The number of rotatable bonds is 13. The molecule has 2 aromatic rings. The number of Topliss-reactive ketones (excluding diaryl/α,β-unsaturated/α-hetero) is 1. The van der Waals surface area contributed by atoms with Crippen molar-refractivity contribution in [1.29, 1.82) is 0 Å². The summed E-state index contributed by atoms with van der Waals surface area (Å²) >= 11 is 0. The molecule has 1 aliphatic rings. The van der Waals surface area contributed by atoms with Gasteiger partial charge in [-0.2, -0.15) is 26.3 Å². The zero-order valence-electron chi connectivity index (χ0n) is 25.1. The van der Waals surface area contributed by atoms with Crippen LogP contribution in [-0.4, -0.2) is 89.6 Å². The van der Waals surface area contributed by atoms with Crippen LogP contribution in [0.1, 0.15) is 46.1 Å². The highest BCUT2D eigenvalue weighted by atomic mass is 32.2. The van der Waals surface area contributed by atoms with E-state index >= 15 is 0 Å². The van der Waals surface area contributed by atoms with Crippen LogP contribution in [0.2, 0.25) is 0 Å². The Balaban J connectivity index is 2.02. The van der Waals surface area contributed by atoms with Crippen LogP contribution in [0.5, 0.6) is 11.6 Å². The van der Waals surface area contributed by atoms with E-state index in [0.29, 0.717) is 20.8 Å². The Hall–Kier alpha value is -3.58. The summed E-state index contributed by atoms with van der Waals surface area (Å²) in [5.41, 5.74) is -6.64. The molecule has 0 amide bonds. The molecule has 19 heteroatoms. The van der Waals surface area contributed by atoms with Crippen LogP contribution >= 0.6 is 0 Å². The van der Waals surface area contributed by atoms with E-state index < -0.39 is 88.7 Å². The third kappa shape index (κ3) is 7.86. The average Bonchev–Trinajstić information content (AvgIpc) is 3.37. The fourth-order valence-electron chi connectivity index (χ4n) is 4.17. The maximum Gasteiger partial charge on any atom is 0.427 e. The molecule has 0 bridgehead atoms. The fraction of sp³-hybridized carbons (Fsp3) is 0.593. The molecule has 0 saturated heterocycles. The van der Waals surface area contributed by atoms with Gasteiger partial charge in [-0.25, -0.2) is 8.42 Å². The van der Waals surface area contributed by atoms with Gasteiger partial charge in [-0.15, -0.1) is 5.10 Å². The number of fused-ring (bicyclic) bond motifs is 1. The molecule has 0 spiro atoms. The van der Waals surface area contributed by atoms with Crippen molar-refractivity contribution in [3.63, 3.8) is 0 Å². The molecular formula is C27H33F6N3O9S. The molecule has 0 aliphatic carbocycles. The molecule has 0 fully saturated rings. The Morgan fingerprint density at radius 1 is 1.11 bits per heavy atom. The lowest BCUT2D eigenvalue weighted by Crippen LogP contribution is -2.50. The summed E-state index contributed by atoms with van der Waals surface area (Å²) in [7, 11) is -4.66. The molecule has 46 heavy (non-hydrogen) atoms. The normalized spacial score (nSPS) is 17.1. The first-order valence-electron chi connectivity index (χ1n) is 13.8. The second kappa shape index (κ2) is 13.3. The molecule has 12 nitrogen and oxygen atoms in total. The molecule has 0 radical (unpaired) electrons. The van der Waals surface area contributed by atoms with Crippen molar-refractivity contribution < 1.29 is 68.8 Å².